The first-order chi connectivity index (χ1) is 9.66. The van der Waals surface area contributed by atoms with E-state index in [2.05, 4.69) is 41.7 Å². The van der Waals surface area contributed by atoms with Crippen LogP contribution >= 0.6 is 11.3 Å². The van der Waals surface area contributed by atoms with E-state index in [0.29, 0.717) is 0 Å². The molecule has 2 rings (SSSR count). The van der Waals surface area contributed by atoms with Gasteiger partial charge in [0.1, 0.15) is 0 Å². The van der Waals surface area contributed by atoms with Crippen LogP contribution in [0, 0.1) is 0 Å². The van der Waals surface area contributed by atoms with Crippen molar-refractivity contribution in [2.45, 2.75) is 25.1 Å². The van der Waals surface area contributed by atoms with Gasteiger partial charge in [0.25, 0.3) is 0 Å². The highest BCUT2D eigenvalue weighted by molar-refractivity contribution is 7.84. The molecule has 1 N–H and O–H groups in total. The third kappa shape index (κ3) is 4.54. The topological polar surface area (TPSA) is 29.1 Å². The van der Waals surface area contributed by atoms with E-state index < -0.39 is 10.8 Å². The fraction of sp³-hybridized carbons (Fsp3) is 0.375. The van der Waals surface area contributed by atoms with Crippen LogP contribution in [0.15, 0.2) is 42.5 Å². The maximum atomic E-state index is 11.3. The van der Waals surface area contributed by atoms with Gasteiger partial charge in [-0.25, -0.2) is 0 Å². The van der Waals surface area contributed by atoms with Gasteiger partial charge in [-0.3, -0.25) is 4.21 Å². The number of hydrogen-bond acceptors (Lipinski definition) is 3. The molecule has 0 aliphatic heterocycles. The van der Waals surface area contributed by atoms with Crippen molar-refractivity contribution in [3.63, 3.8) is 0 Å². The van der Waals surface area contributed by atoms with Crippen molar-refractivity contribution in [1.29, 1.82) is 0 Å². The smallest absolute Gasteiger partial charge is 0.0346 e. The average molecular weight is 307 g/mol. The van der Waals surface area contributed by atoms with E-state index in [0.717, 1.165) is 19.5 Å². The number of nitrogens with one attached hydrogen (secondary N) is 1. The van der Waals surface area contributed by atoms with Crippen LogP contribution in [-0.4, -0.2) is 22.3 Å². The minimum Gasteiger partial charge on any atom is -0.312 e. The molecule has 0 radical (unpaired) electrons. The molecule has 0 fully saturated rings. The van der Waals surface area contributed by atoms with Gasteiger partial charge < -0.3 is 5.32 Å². The van der Waals surface area contributed by atoms with Gasteiger partial charge in [-0.15, -0.1) is 11.3 Å². The van der Waals surface area contributed by atoms with Gasteiger partial charge in [0, 0.05) is 38.6 Å². The lowest BCUT2D eigenvalue weighted by Gasteiger charge is -2.08. The molecule has 1 heterocycles. The lowest BCUT2D eigenvalue weighted by Crippen LogP contribution is -2.20. The van der Waals surface area contributed by atoms with Crippen molar-refractivity contribution in [2.24, 2.45) is 0 Å². The van der Waals surface area contributed by atoms with Crippen LogP contribution in [0.2, 0.25) is 0 Å². The van der Waals surface area contributed by atoms with Gasteiger partial charge in [0.2, 0.25) is 0 Å². The standard InChI is InChI=1S/C16H21NOS2/c1-13(20(2)18)10-11-17-12-15-8-9-16(19-15)14-6-4-3-5-7-14/h3-9,13,17H,10-12H2,1-2H3. The number of rotatable bonds is 7. The summed E-state index contributed by atoms with van der Waals surface area (Å²) in [6.07, 6.45) is 2.73. The molecule has 0 spiro atoms. The fourth-order valence-corrected chi connectivity index (χ4v) is 3.35. The van der Waals surface area contributed by atoms with E-state index in [1.165, 1.54) is 15.3 Å². The summed E-state index contributed by atoms with van der Waals surface area (Å²) in [4.78, 5) is 2.65. The Balaban J connectivity index is 1.81. The Hall–Kier alpha value is -0.970. The van der Waals surface area contributed by atoms with Gasteiger partial charge >= 0.3 is 0 Å². The van der Waals surface area contributed by atoms with E-state index in [9.17, 15) is 4.21 Å². The Kier molecular flexibility index (Phi) is 5.95. The van der Waals surface area contributed by atoms with Crippen molar-refractivity contribution in [2.75, 3.05) is 12.8 Å². The molecule has 0 bridgehead atoms. The number of hydrogen-bond donors (Lipinski definition) is 1. The minimum absolute atomic E-state index is 0.269. The molecule has 2 nitrogen and oxygen atoms in total. The van der Waals surface area contributed by atoms with Crippen molar-refractivity contribution in [3.8, 4) is 10.4 Å². The Labute approximate surface area is 127 Å². The van der Waals surface area contributed by atoms with Crippen molar-refractivity contribution < 1.29 is 4.21 Å². The van der Waals surface area contributed by atoms with Crippen LogP contribution in [0.25, 0.3) is 10.4 Å². The van der Waals surface area contributed by atoms with E-state index in [1.807, 2.05) is 24.3 Å². The highest BCUT2D eigenvalue weighted by atomic mass is 32.2. The fourth-order valence-electron chi connectivity index (χ4n) is 1.91. The summed E-state index contributed by atoms with van der Waals surface area (Å²) in [5, 5.41) is 3.70. The molecule has 1 aromatic heterocycles. The summed E-state index contributed by atoms with van der Waals surface area (Å²) >= 11 is 1.83. The summed E-state index contributed by atoms with van der Waals surface area (Å²) in [5.41, 5.74) is 1.28. The summed E-state index contributed by atoms with van der Waals surface area (Å²) in [5.74, 6) is 0. The molecule has 2 aromatic rings. The molecule has 2 atom stereocenters. The molecule has 0 saturated heterocycles. The second-order valence-electron chi connectivity index (χ2n) is 4.91. The lowest BCUT2D eigenvalue weighted by molar-refractivity contribution is 0.632. The first-order valence-corrected chi connectivity index (χ1v) is 9.27. The molecule has 2 unspecified atom stereocenters. The minimum atomic E-state index is -0.716. The van der Waals surface area contributed by atoms with E-state index in [1.54, 1.807) is 6.26 Å². The Morgan fingerprint density at radius 1 is 1.20 bits per heavy atom. The molecule has 0 aliphatic rings. The van der Waals surface area contributed by atoms with Crippen LogP contribution in [0.4, 0.5) is 0 Å². The molecule has 0 amide bonds. The molecule has 0 aliphatic carbocycles. The highest BCUT2D eigenvalue weighted by Gasteiger charge is 2.06. The zero-order valence-corrected chi connectivity index (χ0v) is 13.6. The highest BCUT2D eigenvalue weighted by Crippen LogP contribution is 2.27. The van der Waals surface area contributed by atoms with Crippen LogP contribution in [0.5, 0.6) is 0 Å². The van der Waals surface area contributed by atoms with Crippen molar-refractivity contribution >= 4 is 22.1 Å². The van der Waals surface area contributed by atoms with Gasteiger partial charge in [0.05, 0.1) is 0 Å². The van der Waals surface area contributed by atoms with Crippen molar-refractivity contribution in [1.82, 2.24) is 5.32 Å². The van der Waals surface area contributed by atoms with E-state index in [-0.39, 0.29) is 5.25 Å². The zero-order valence-electron chi connectivity index (χ0n) is 12.0. The predicted octanol–water partition coefficient (Wildman–Crippen LogP) is 3.66. The third-order valence-corrected chi connectivity index (χ3v) is 5.82. The normalized spacial score (nSPS) is 14.1. The molecule has 1 aromatic carbocycles. The summed E-state index contributed by atoms with van der Waals surface area (Å²) in [6, 6.07) is 14.8. The van der Waals surface area contributed by atoms with Gasteiger partial charge in [-0.2, -0.15) is 0 Å². The summed E-state index contributed by atoms with van der Waals surface area (Å²) in [6.45, 7) is 3.84. The van der Waals surface area contributed by atoms with Crippen LogP contribution < -0.4 is 5.32 Å². The molecule has 4 heteroatoms. The molecule has 0 saturated carbocycles. The molecular formula is C16H21NOS2. The van der Waals surface area contributed by atoms with Crippen LogP contribution in [0.3, 0.4) is 0 Å². The lowest BCUT2D eigenvalue weighted by atomic mass is 10.2. The summed E-state index contributed by atoms with van der Waals surface area (Å²) < 4.78 is 11.3. The van der Waals surface area contributed by atoms with E-state index >= 15 is 0 Å². The zero-order chi connectivity index (χ0) is 14.4. The van der Waals surface area contributed by atoms with Gasteiger partial charge in [-0.05, 0) is 30.7 Å². The van der Waals surface area contributed by atoms with Gasteiger partial charge in [-0.1, -0.05) is 37.3 Å². The second kappa shape index (κ2) is 7.72. The third-order valence-electron chi connectivity index (χ3n) is 3.31. The first-order valence-electron chi connectivity index (χ1n) is 6.84. The van der Waals surface area contributed by atoms with Crippen molar-refractivity contribution in [3.05, 3.63) is 47.3 Å². The first kappa shape index (κ1) is 15.4. The molecular weight excluding hydrogens is 286 g/mol. The largest absolute Gasteiger partial charge is 0.312 e. The summed E-state index contributed by atoms with van der Waals surface area (Å²) in [7, 11) is -0.716. The van der Waals surface area contributed by atoms with Gasteiger partial charge in [0.15, 0.2) is 0 Å². The number of thiophene rings is 1. The maximum Gasteiger partial charge on any atom is 0.0346 e. The quantitative estimate of drug-likeness (QED) is 0.791. The Bertz CT molecular complexity index is 551. The van der Waals surface area contributed by atoms with Crippen LogP contribution in [-0.2, 0) is 17.3 Å². The number of benzene rings is 1. The molecule has 20 heavy (non-hydrogen) atoms. The molecule has 108 valence electrons. The predicted molar refractivity (Wildman–Crippen MR) is 89.6 cm³/mol. The maximum absolute atomic E-state index is 11.3. The monoisotopic (exact) mass is 307 g/mol. The van der Waals surface area contributed by atoms with Crippen LogP contribution in [0.1, 0.15) is 18.2 Å². The van der Waals surface area contributed by atoms with E-state index in [4.69, 9.17) is 0 Å². The Morgan fingerprint density at radius 3 is 2.65 bits per heavy atom. The average Bonchev–Trinajstić information content (AvgIpc) is 2.93. The Morgan fingerprint density at radius 2 is 1.95 bits per heavy atom. The second-order valence-corrected chi connectivity index (χ2v) is 7.88. The SMILES string of the molecule is CC(CCNCc1ccc(-c2ccccc2)s1)S(C)=O.